The van der Waals surface area contributed by atoms with Gasteiger partial charge in [-0.15, -0.1) is 0 Å². The first-order valence-corrected chi connectivity index (χ1v) is 7.33. The predicted octanol–water partition coefficient (Wildman–Crippen LogP) is 2.76. The van der Waals surface area contributed by atoms with Gasteiger partial charge in [0.05, 0.1) is 5.92 Å². The molecule has 0 aliphatic carbocycles. The van der Waals surface area contributed by atoms with E-state index in [-0.39, 0.29) is 23.6 Å². The highest BCUT2D eigenvalue weighted by molar-refractivity contribution is 5.79. The summed E-state index contributed by atoms with van der Waals surface area (Å²) >= 11 is 0. The first-order valence-electron chi connectivity index (χ1n) is 7.33. The molecule has 0 fully saturated rings. The fourth-order valence-corrected chi connectivity index (χ4v) is 2.82. The van der Waals surface area contributed by atoms with Crippen molar-refractivity contribution in [2.75, 3.05) is 19.6 Å². The average molecular weight is 277 g/mol. The first kappa shape index (κ1) is 14.9. The van der Waals surface area contributed by atoms with E-state index in [2.05, 4.69) is 25.7 Å². The smallest absolute Gasteiger partial charge is 0.315 e. The van der Waals surface area contributed by atoms with Crippen LogP contribution in [0.25, 0.3) is 0 Å². The number of hydrogen-bond acceptors (Lipinski definition) is 4. The molecule has 0 radical (unpaired) electrons. The number of carbonyl (C=O) groups excluding carboxylic acids is 1. The van der Waals surface area contributed by atoms with Crippen LogP contribution in [-0.2, 0) is 4.79 Å². The standard InChI is InChI=1S/C16H23NO3/c1-4-17(5-2)9-8-14-11(3)13-7-6-12(18)10-15(13)20-16(14)19/h6-7,10-11,14,18H,4-5,8-9H2,1-3H3. The number of phenols is 1. The van der Waals surface area contributed by atoms with Gasteiger partial charge >= 0.3 is 5.97 Å². The molecule has 2 atom stereocenters. The molecular weight excluding hydrogens is 254 g/mol. The average Bonchev–Trinajstić information content (AvgIpc) is 2.42. The molecule has 2 rings (SSSR count). The third kappa shape index (κ3) is 2.96. The molecule has 1 N–H and O–H groups in total. The van der Waals surface area contributed by atoms with Crippen molar-refractivity contribution in [3.63, 3.8) is 0 Å². The molecule has 0 aromatic heterocycles. The van der Waals surface area contributed by atoms with Crippen molar-refractivity contribution in [1.29, 1.82) is 0 Å². The Labute approximate surface area is 120 Å². The zero-order valence-corrected chi connectivity index (χ0v) is 12.4. The number of aromatic hydroxyl groups is 1. The number of fused-ring (bicyclic) bond motifs is 1. The van der Waals surface area contributed by atoms with Crippen LogP contribution in [0.4, 0.5) is 0 Å². The molecule has 1 aliphatic rings. The highest BCUT2D eigenvalue weighted by Gasteiger charge is 2.34. The number of rotatable bonds is 5. The van der Waals surface area contributed by atoms with Crippen LogP contribution in [0, 0.1) is 5.92 Å². The van der Waals surface area contributed by atoms with Crippen LogP contribution in [0.5, 0.6) is 11.5 Å². The monoisotopic (exact) mass is 277 g/mol. The second-order valence-corrected chi connectivity index (χ2v) is 5.35. The maximum Gasteiger partial charge on any atom is 0.315 e. The highest BCUT2D eigenvalue weighted by atomic mass is 16.5. The van der Waals surface area contributed by atoms with Gasteiger partial charge in [0.15, 0.2) is 0 Å². The summed E-state index contributed by atoms with van der Waals surface area (Å²) in [4.78, 5) is 14.5. The number of nitrogens with zero attached hydrogens (tertiary/aromatic N) is 1. The minimum absolute atomic E-state index is 0.104. The van der Waals surface area contributed by atoms with Crippen LogP contribution in [0.2, 0.25) is 0 Å². The highest BCUT2D eigenvalue weighted by Crippen LogP contribution is 2.40. The lowest BCUT2D eigenvalue weighted by atomic mass is 9.83. The molecule has 0 saturated heterocycles. The SMILES string of the molecule is CCN(CC)CCC1C(=O)Oc2cc(O)ccc2C1C. The second-order valence-electron chi connectivity index (χ2n) is 5.35. The zero-order chi connectivity index (χ0) is 14.7. The van der Waals surface area contributed by atoms with Crippen molar-refractivity contribution in [2.45, 2.75) is 33.1 Å². The lowest BCUT2D eigenvalue weighted by Gasteiger charge is -2.31. The minimum atomic E-state index is -0.178. The number of hydrogen-bond donors (Lipinski definition) is 1. The zero-order valence-electron chi connectivity index (χ0n) is 12.4. The maximum absolute atomic E-state index is 12.1. The van der Waals surface area contributed by atoms with Crippen molar-refractivity contribution in [3.8, 4) is 11.5 Å². The van der Waals surface area contributed by atoms with Gasteiger partial charge in [-0.1, -0.05) is 26.8 Å². The minimum Gasteiger partial charge on any atom is -0.508 e. The maximum atomic E-state index is 12.1. The fourth-order valence-electron chi connectivity index (χ4n) is 2.82. The van der Waals surface area contributed by atoms with E-state index in [1.165, 1.54) is 6.07 Å². The second kappa shape index (κ2) is 6.27. The molecule has 1 aliphatic heterocycles. The first-order chi connectivity index (χ1) is 9.56. The van der Waals surface area contributed by atoms with Crippen molar-refractivity contribution < 1.29 is 14.6 Å². The Hall–Kier alpha value is -1.55. The molecule has 110 valence electrons. The number of benzene rings is 1. The number of ether oxygens (including phenoxy) is 1. The Balaban J connectivity index is 2.12. The van der Waals surface area contributed by atoms with Crippen LogP contribution in [-0.4, -0.2) is 35.6 Å². The van der Waals surface area contributed by atoms with Crippen molar-refractivity contribution in [1.82, 2.24) is 4.90 Å². The Morgan fingerprint density at radius 2 is 2.00 bits per heavy atom. The van der Waals surface area contributed by atoms with Gasteiger partial charge in [0.1, 0.15) is 11.5 Å². The summed E-state index contributed by atoms with van der Waals surface area (Å²) in [6.07, 6.45) is 0.808. The van der Waals surface area contributed by atoms with Gasteiger partial charge in [-0.2, -0.15) is 0 Å². The van der Waals surface area contributed by atoms with Gasteiger partial charge < -0.3 is 14.7 Å². The summed E-state index contributed by atoms with van der Waals surface area (Å²) in [5.74, 6) is 0.477. The summed E-state index contributed by atoms with van der Waals surface area (Å²) in [6, 6.07) is 5.02. The fraction of sp³-hybridized carbons (Fsp3) is 0.562. The van der Waals surface area contributed by atoms with Gasteiger partial charge in [0.25, 0.3) is 0 Å². The molecule has 4 nitrogen and oxygen atoms in total. The van der Waals surface area contributed by atoms with Crippen LogP contribution in [0.15, 0.2) is 18.2 Å². The Bertz CT molecular complexity index is 483. The number of esters is 1. The van der Waals surface area contributed by atoms with Gasteiger partial charge in [0.2, 0.25) is 0 Å². The van der Waals surface area contributed by atoms with E-state index in [4.69, 9.17) is 4.74 Å². The molecule has 0 bridgehead atoms. The summed E-state index contributed by atoms with van der Waals surface area (Å²) in [6.45, 7) is 9.22. The summed E-state index contributed by atoms with van der Waals surface area (Å²) in [5, 5.41) is 9.47. The third-order valence-electron chi connectivity index (χ3n) is 4.26. The normalized spacial score (nSPS) is 21.7. The molecule has 1 heterocycles. The summed E-state index contributed by atoms with van der Waals surface area (Å²) < 4.78 is 5.38. The Kier molecular flexibility index (Phi) is 4.65. The summed E-state index contributed by atoms with van der Waals surface area (Å²) in [5.41, 5.74) is 1.01. The molecule has 0 amide bonds. The van der Waals surface area contributed by atoms with E-state index < -0.39 is 0 Å². The van der Waals surface area contributed by atoms with Crippen LogP contribution in [0.3, 0.4) is 0 Å². The van der Waals surface area contributed by atoms with E-state index >= 15 is 0 Å². The van der Waals surface area contributed by atoms with E-state index in [1.54, 1.807) is 6.07 Å². The molecule has 2 unspecified atom stereocenters. The molecule has 4 heteroatoms. The van der Waals surface area contributed by atoms with Gasteiger partial charge in [-0.05, 0) is 43.6 Å². The largest absolute Gasteiger partial charge is 0.508 e. The third-order valence-corrected chi connectivity index (χ3v) is 4.26. The number of carbonyl (C=O) groups is 1. The Morgan fingerprint density at radius 1 is 1.30 bits per heavy atom. The van der Waals surface area contributed by atoms with Crippen LogP contribution < -0.4 is 4.74 Å². The van der Waals surface area contributed by atoms with Crippen molar-refractivity contribution in [2.24, 2.45) is 5.92 Å². The molecule has 0 saturated carbocycles. The van der Waals surface area contributed by atoms with Gasteiger partial charge in [-0.3, -0.25) is 4.79 Å². The van der Waals surface area contributed by atoms with E-state index in [0.717, 1.165) is 31.6 Å². The topological polar surface area (TPSA) is 49.8 Å². The lowest BCUT2D eigenvalue weighted by molar-refractivity contribution is -0.141. The van der Waals surface area contributed by atoms with E-state index in [0.29, 0.717) is 5.75 Å². The van der Waals surface area contributed by atoms with Crippen LogP contribution >= 0.6 is 0 Å². The molecule has 0 spiro atoms. The molecule has 1 aromatic rings. The molecular formula is C16H23NO3. The van der Waals surface area contributed by atoms with Gasteiger partial charge in [0, 0.05) is 6.07 Å². The molecule has 20 heavy (non-hydrogen) atoms. The lowest BCUT2D eigenvalue weighted by Crippen LogP contribution is -2.34. The quantitative estimate of drug-likeness (QED) is 0.664. The van der Waals surface area contributed by atoms with Crippen LogP contribution in [0.1, 0.15) is 38.7 Å². The van der Waals surface area contributed by atoms with E-state index in [1.807, 2.05) is 6.07 Å². The van der Waals surface area contributed by atoms with E-state index in [9.17, 15) is 9.90 Å². The summed E-state index contributed by atoms with van der Waals surface area (Å²) in [7, 11) is 0. The van der Waals surface area contributed by atoms with Gasteiger partial charge in [-0.25, -0.2) is 0 Å². The van der Waals surface area contributed by atoms with Crippen molar-refractivity contribution in [3.05, 3.63) is 23.8 Å². The van der Waals surface area contributed by atoms with Crippen molar-refractivity contribution >= 4 is 5.97 Å². The Morgan fingerprint density at radius 3 is 2.65 bits per heavy atom. The number of phenolic OH excluding ortho intramolecular Hbond substituents is 1. The molecule has 1 aromatic carbocycles. The predicted molar refractivity (Wildman–Crippen MR) is 78.1 cm³/mol.